The van der Waals surface area contributed by atoms with Gasteiger partial charge in [0.2, 0.25) is 0 Å². The summed E-state index contributed by atoms with van der Waals surface area (Å²) in [6.07, 6.45) is 0. The van der Waals surface area contributed by atoms with Gasteiger partial charge in [-0.05, 0) is 24.3 Å². The zero-order chi connectivity index (χ0) is 10.8. The fourth-order valence-corrected chi connectivity index (χ4v) is 1.53. The molecule has 78 valence electrons. The van der Waals surface area contributed by atoms with Crippen molar-refractivity contribution >= 4 is 16.5 Å². The third-order valence-corrected chi connectivity index (χ3v) is 2.69. The first-order chi connectivity index (χ1) is 6.45. The molecule has 0 aliphatic carbocycles. The van der Waals surface area contributed by atoms with Gasteiger partial charge in [0.1, 0.15) is 0 Å². The molecule has 0 saturated carbocycles. The van der Waals surface area contributed by atoms with Gasteiger partial charge in [0.15, 0.2) is 10.8 Å². The molecule has 1 aromatic carbocycles. The average molecular weight is 223 g/mol. The highest BCUT2D eigenvalue weighted by Crippen LogP contribution is 2.26. The van der Waals surface area contributed by atoms with Crippen LogP contribution < -0.4 is 5.32 Å². The van der Waals surface area contributed by atoms with E-state index in [1.165, 1.54) is 24.3 Å². The van der Waals surface area contributed by atoms with Gasteiger partial charge in [-0.25, -0.2) is 4.21 Å². The summed E-state index contributed by atoms with van der Waals surface area (Å²) in [4.78, 5) is -0.239. The van der Waals surface area contributed by atoms with E-state index in [1.807, 2.05) is 0 Å². The molecule has 1 rings (SSSR count). The Labute approximate surface area is 81.6 Å². The molecule has 0 amide bonds. The minimum absolute atomic E-state index is 0.239. The Balaban J connectivity index is 2.93. The molecule has 0 aliphatic rings. The van der Waals surface area contributed by atoms with Gasteiger partial charge >= 0.3 is 5.51 Å². The number of rotatable bonds is 2. The van der Waals surface area contributed by atoms with Crippen molar-refractivity contribution in [3.05, 3.63) is 24.3 Å². The van der Waals surface area contributed by atoms with E-state index in [4.69, 9.17) is 0 Å². The summed E-state index contributed by atoms with van der Waals surface area (Å²) in [6, 6.07) is 5.27. The van der Waals surface area contributed by atoms with E-state index in [1.54, 1.807) is 7.05 Å². The summed E-state index contributed by atoms with van der Waals surface area (Å²) in [7, 11) is -1.29. The third-order valence-electron chi connectivity index (χ3n) is 1.57. The normalized spacial score (nSPS) is 13.7. The first-order valence-electron chi connectivity index (χ1n) is 3.71. The van der Waals surface area contributed by atoms with Crippen molar-refractivity contribution in [1.82, 2.24) is 0 Å². The number of alkyl halides is 3. The van der Waals surface area contributed by atoms with Crippen LogP contribution in [0.5, 0.6) is 0 Å². The van der Waals surface area contributed by atoms with Crippen molar-refractivity contribution < 1.29 is 17.4 Å². The molecule has 0 saturated heterocycles. The molecule has 2 nitrogen and oxygen atoms in total. The summed E-state index contributed by atoms with van der Waals surface area (Å²) in [5.41, 5.74) is -4.02. The fourth-order valence-electron chi connectivity index (χ4n) is 0.879. The minimum Gasteiger partial charge on any atom is -0.388 e. The molecular weight excluding hydrogens is 215 g/mol. The molecule has 0 bridgehead atoms. The molecule has 1 aromatic rings. The fraction of sp³-hybridized carbons (Fsp3) is 0.250. The van der Waals surface area contributed by atoms with E-state index in [0.29, 0.717) is 5.69 Å². The molecule has 0 radical (unpaired) electrons. The maximum Gasteiger partial charge on any atom is 0.475 e. The monoisotopic (exact) mass is 223 g/mol. The number of hydrogen-bond donors (Lipinski definition) is 1. The van der Waals surface area contributed by atoms with Crippen LogP contribution >= 0.6 is 0 Å². The van der Waals surface area contributed by atoms with Crippen LogP contribution in [-0.2, 0) is 10.8 Å². The third kappa shape index (κ3) is 2.47. The second-order valence-corrected chi connectivity index (χ2v) is 3.96. The second-order valence-electron chi connectivity index (χ2n) is 2.49. The Morgan fingerprint density at radius 1 is 1.21 bits per heavy atom. The number of anilines is 1. The first-order valence-corrected chi connectivity index (χ1v) is 4.86. The lowest BCUT2D eigenvalue weighted by Gasteiger charge is -2.06. The zero-order valence-electron chi connectivity index (χ0n) is 7.26. The van der Waals surface area contributed by atoms with Crippen LogP contribution in [0.15, 0.2) is 29.2 Å². The highest BCUT2D eigenvalue weighted by molar-refractivity contribution is 7.86. The lowest BCUT2D eigenvalue weighted by molar-refractivity contribution is -0.0384. The van der Waals surface area contributed by atoms with Crippen LogP contribution in [-0.4, -0.2) is 16.8 Å². The van der Waals surface area contributed by atoms with E-state index in [9.17, 15) is 17.4 Å². The highest BCUT2D eigenvalue weighted by Gasteiger charge is 2.37. The van der Waals surface area contributed by atoms with Gasteiger partial charge in [-0.3, -0.25) is 0 Å². The molecule has 0 fully saturated rings. The number of halogens is 3. The Bertz CT molecular complexity index is 333. The van der Waals surface area contributed by atoms with Crippen molar-refractivity contribution in [3.63, 3.8) is 0 Å². The molecule has 1 atom stereocenters. The first kappa shape index (κ1) is 11.0. The van der Waals surface area contributed by atoms with Gasteiger partial charge in [0.05, 0.1) is 0 Å². The standard InChI is InChI=1S/C8H8F3NOS/c1-12-6-2-4-7(5-3-6)14(13)8(9,10)11/h2-5,12H,1H3. The van der Waals surface area contributed by atoms with E-state index in [0.717, 1.165) is 0 Å². The quantitative estimate of drug-likeness (QED) is 0.833. The van der Waals surface area contributed by atoms with Crippen LogP contribution in [0.4, 0.5) is 18.9 Å². The van der Waals surface area contributed by atoms with Crippen LogP contribution in [0.2, 0.25) is 0 Å². The summed E-state index contributed by atoms with van der Waals surface area (Å²) < 4.78 is 46.8. The molecular formula is C8H8F3NOS. The van der Waals surface area contributed by atoms with Crippen LogP contribution in [0.1, 0.15) is 0 Å². The van der Waals surface area contributed by atoms with Crippen molar-refractivity contribution in [3.8, 4) is 0 Å². The summed E-state index contributed by atoms with van der Waals surface area (Å²) >= 11 is 0. The van der Waals surface area contributed by atoms with E-state index < -0.39 is 16.3 Å². The summed E-state index contributed by atoms with van der Waals surface area (Å²) in [5, 5.41) is 2.75. The van der Waals surface area contributed by atoms with Crippen LogP contribution in [0.3, 0.4) is 0 Å². The van der Waals surface area contributed by atoms with Gasteiger partial charge in [0.25, 0.3) is 0 Å². The average Bonchev–Trinajstić information content (AvgIpc) is 2.15. The lowest BCUT2D eigenvalue weighted by Crippen LogP contribution is -2.16. The summed E-state index contributed by atoms with van der Waals surface area (Å²) in [5.74, 6) is 0. The smallest absolute Gasteiger partial charge is 0.388 e. The number of benzene rings is 1. The largest absolute Gasteiger partial charge is 0.475 e. The molecule has 1 N–H and O–H groups in total. The molecule has 0 heterocycles. The second kappa shape index (κ2) is 4.00. The van der Waals surface area contributed by atoms with E-state index in [2.05, 4.69) is 5.32 Å². The SMILES string of the molecule is CNc1ccc(S(=O)C(F)(F)F)cc1. The zero-order valence-corrected chi connectivity index (χ0v) is 8.08. The Hall–Kier alpha value is -1.04. The van der Waals surface area contributed by atoms with Crippen molar-refractivity contribution in [2.75, 3.05) is 12.4 Å². The van der Waals surface area contributed by atoms with E-state index >= 15 is 0 Å². The van der Waals surface area contributed by atoms with Crippen molar-refractivity contribution in [2.45, 2.75) is 10.4 Å². The molecule has 14 heavy (non-hydrogen) atoms. The van der Waals surface area contributed by atoms with Crippen LogP contribution in [0.25, 0.3) is 0 Å². The lowest BCUT2D eigenvalue weighted by atomic mass is 10.3. The van der Waals surface area contributed by atoms with Crippen molar-refractivity contribution in [2.24, 2.45) is 0 Å². The predicted molar refractivity (Wildman–Crippen MR) is 48.5 cm³/mol. The van der Waals surface area contributed by atoms with Gasteiger partial charge < -0.3 is 5.32 Å². The maximum atomic E-state index is 12.0. The summed E-state index contributed by atoms with van der Waals surface area (Å²) in [6.45, 7) is 0. The van der Waals surface area contributed by atoms with Crippen molar-refractivity contribution in [1.29, 1.82) is 0 Å². The Morgan fingerprint density at radius 2 is 1.71 bits per heavy atom. The van der Waals surface area contributed by atoms with Gasteiger partial charge in [-0.15, -0.1) is 0 Å². The molecule has 6 heteroatoms. The molecule has 0 spiro atoms. The minimum atomic E-state index is -4.69. The Morgan fingerprint density at radius 3 is 2.07 bits per heavy atom. The molecule has 1 unspecified atom stereocenters. The molecule has 0 aliphatic heterocycles. The molecule has 0 aromatic heterocycles. The van der Waals surface area contributed by atoms with Gasteiger partial charge in [0, 0.05) is 17.6 Å². The van der Waals surface area contributed by atoms with Gasteiger partial charge in [-0.1, -0.05) is 0 Å². The number of nitrogens with one attached hydrogen (secondary N) is 1. The van der Waals surface area contributed by atoms with E-state index in [-0.39, 0.29) is 4.90 Å². The Kier molecular flexibility index (Phi) is 3.15. The van der Waals surface area contributed by atoms with Crippen LogP contribution in [0, 0.1) is 0 Å². The highest BCUT2D eigenvalue weighted by atomic mass is 32.2. The topological polar surface area (TPSA) is 29.1 Å². The number of hydrogen-bond acceptors (Lipinski definition) is 2. The maximum absolute atomic E-state index is 12.0. The van der Waals surface area contributed by atoms with Gasteiger partial charge in [-0.2, -0.15) is 13.2 Å². The predicted octanol–water partition coefficient (Wildman–Crippen LogP) is 2.36.